The first-order valence-corrected chi connectivity index (χ1v) is 7.88. The topological polar surface area (TPSA) is 58.6 Å². The quantitative estimate of drug-likeness (QED) is 0.749. The number of nitrogens with one attached hydrogen (secondary N) is 1. The average Bonchev–Trinajstić information content (AvgIpc) is 2.45. The Labute approximate surface area is 138 Å². The van der Waals surface area contributed by atoms with Crippen molar-refractivity contribution in [2.75, 3.05) is 13.2 Å². The summed E-state index contributed by atoms with van der Waals surface area (Å²) in [6.45, 7) is 6.10. The molecule has 1 rings (SSSR count). The van der Waals surface area contributed by atoms with E-state index in [1.165, 1.54) is 0 Å². The fraction of sp³-hybridized carbons (Fsp3) is 0.562. The molecule has 0 saturated heterocycles. The van der Waals surface area contributed by atoms with Gasteiger partial charge in [0.25, 0.3) is 0 Å². The predicted molar refractivity (Wildman–Crippen MR) is 92.2 cm³/mol. The van der Waals surface area contributed by atoms with Crippen LogP contribution in [0.3, 0.4) is 0 Å². The Hall–Kier alpha value is -1.04. The van der Waals surface area contributed by atoms with Gasteiger partial charge in [-0.2, -0.15) is 0 Å². The highest BCUT2D eigenvalue weighted by Crippen LogP contribution is 2.13. The second kappa shape index (κ2) is 8.56. The Morgan fingerprint density at radius 3 is 2.45 bits per heavy atom. The molecular formula is C16H25BClNO3. The summed E-state index contributed by atoms with van der Waals surface area (Å²) in [5, 5.41) is 13.0. The number of benzene rings is 1. The molecule has 0 radical (unpaired) electrons. The summed E-state index contributed by atoms with van der Waals surface area (Å²) in [7, 11) is 1.82. The standard InChI is InChI=1S/C16H25BClNO3/c1-16(2,3)22-10-14(17)15(21)19-13(9-20)8-11-4-6-12(18)7-5-11/h4-7,13-14,20H,8-10,17H2,1-3H3,(H,19,21)/t13-,14+/m0/s1. The van der Waals surface area contributed by atoms with E-state index in [4.69, 9.17) is 16.3 Å². The van der Waals surface area contributed by atoms with Crippen LogP contribution in [0, 0.1) is 0 Å². The van der Waals surface area contributed by atoms with Gasteiger partial charge in [-0.1, -0.05) is 23.7 Å². The lowest BCUT2D eigenvalue weighted by Gasteiger charge is -2.24. The van der Waals surface area contributed by atoms with Crippen LogP contribution in [0.5, 0.6) is 0 Å². The molecule has 0 aromatic heterocycles. The molecule has 0 unspecified atom stereocenters. The summed E-state index contributed by atoms with van der Waals surface area (Å²) in [6, 6.07) is 7.07. The normalized spacial score (nSPS) is 14.4. The van der Waals surface area contributed by atoms with Crippen LogP contribution in [0.25, 0.3) is 0 Å². The number of amides is 1. The number of halogens is 1. The van der Waals surface area contributed by atoms with Crippen molar-refractivity contribution >= 4 is 25.4 Å². The largest absolute Gasteiger partial charge is 0.394 e. The van der Waals surface area contributed by atoms with E-state index in [0.29, 0.717) is 18.1 Å². The van der Waals surface area contributed by atoms with Gasteiger partial charge < -0.3 is 15.2 Å². The Balaban J connectivity index is 2.50. The molecule has 4 nitrogen and oxygen atoms in total. The molecule has 6 heteroatoms. The van der Waals surface area contributed by atoms with Crippen molar-refractivity contribution in [1.29, 1.82) is 0 Å². The van der Waals surface area contributed by atoms with Crippen molar-refractivity contribution in [3.8, 4) is 0 Å². The zero-order chi connectivity index (χ0) is 16.8. The van der Waals surface area contributed by atoms with Gasteiger partial charge in [0.05, 0.1) is 24.9 Å². The highest BCUT2D eigenvalue weighted by Gasteiger charge is 2.20. The number of rotatable bonds is 7. The van der Waals surface area contributed by atoms with Gasteiger partial charge in [0.1, 0.15) is 7.85 Å². The fourth-order valence-corrected chi connectivity index (χ4v) is 1.99. The van der Waals surface area contributed by atoms with Gasteiger partial charge in [0.15, 0.2) is 0 Å². The summed E-state index contributed by atoms with van der Waals surface area (Å²) in [6.07, 6.45) is 0.562. The Kier molecular flexibility index (Phi) is 7.40. The Morgan fingerprint density at radius 1 is 1.36 bits per heavy atom. The van der Waals surface area contributed by atoms with Crippen LogP contribution in [-0.4, -0.2) is 43.7 Å². The number of hydrogen-bond acceptors (Lipinski definition) is 3. The summed E-state index contributed by atoms with van der Waals surface area (Å²) in [5.74, 6) is -0.379. The highest BCUT2D eigenvalue weighted by atomic mass is 35.5. The summed E-state index contributed by atoms with van der Waals surface area (Å²) >= 11 is 5.85. The molecule has 2 atom stereocenters. The van der Waals surface area contributed by atoms with E-state index in [2.05, 4.69) is 5.32 Å². The van der Waals surface area contributed by atoms with Crippen LogP contribution in [0.15, 0.2) is 24.3 Å². The zero-order valence-electron chi connectivity index (χ0n) is 13.7. The SMILES string of the molecule is B[C@H](COC(C)(C)C)C(=O)N[C@H](CO)Cc1ccc(Cl)cc1. The number of ether oxygens (including phenoxy) is 1. The number of carbonyl (C=O) groups excluding carboxylic acids is 1. The molecule has 0 spiro atoms. The van der Waals surface area contributed by atoms with E-state index in [0.717, 1.165) is 5.56 Å². The molecule has 2 N–H and O–H groups in total. The maximum atomic E-state index is 12.2. The maximum absolute atomic E-state index is 12.2. The smallest absolute Gasteiger partial charge is 0.217 e. The third-order valence-corrected chi connectivity index (χ3v) is 3.43. The van der Waals surface area contributed by atoms with Crippen LogP contribution >= 0.6 is 11.6 Å². The third kappa shape index (κ3) is 7.30. The van der Waals surface area contributed by atoms with Crippen LogP contribution < -0.4 is 5.32 Å². The molecule has 1 aromatic carbocycles. The first-order valence-electron chi connectivity index (χ1n) is 7.51. The van der Waals surface area contributed by atoms with Crippen molar-refractivity contribution < 1.29 is 14.6 Å². The van der Waals surface area contributed by atoms with E-state index in [1.54, 1.807) is 12.1 Å². The lowest BCUT2D eigenvalue weighted by molar-refractivity contribution is -0.124. The van der Waals surface area contributed by atoms with Crippen molar-refractivity contribution in [1.82, 2.24) is 5.32 Å². The van der Waals surface area contributed by atoms with Gasteiger partial charge in [-0.15, -0.1) is 0 Å². The minimum atomic E-state index is -0.314. The first kappa shape index (κ1) is 19.0. The van der Waals surface area contributed by atoms with Crippen molar-refractivity contribution in [3.05, 3.63) is 34.9 Å². The van der Waals surface area contributed by atoms with E-state index in [1.807, 2.05) is 40.8 Å². The minimum absolute atomic E-state index is 0.110. The number of aliphatic hydroxyl groups is 1. The van der Waals surface area contributed by atoms with Crippen molar-refractivity contribution in [2.45, 2.75) is 44.7 Å². The van der Waals surface area contributed by atoms with Crippen LogP contribution in [0.4, 0.5) is 0 Å². The van der Waals surface area contributed by atoms with Gasteiger partial charge >= 0.3 is 0 Å². The summed E-state index contributed by atoms with van der Waals surface area (Å²) in [4.78, 5) is 12.2. The molecule has 122 valence electrons. The van der Waals surface area contributed by atoms with E-state index < -0.39 is 0 Å². The van der Waals surface area contributed by atoms with E-state index in [9.17, 15) is 9.90 Å². The second-order valence-corrected chi connectivity index (χ2v) is 6.98. The molecular weight excluding hydrogens is 300 g/mol. The molecule has 1 aromatic rings. The van der Waals surface area contributed by atoms with Crippen LogP contribution in [0.2, 0.25) is 10.8 Å². The molecule has 22 heavy (non-hydrogen) atoms. The molecule has 0 saturated carbocycles. The lowest BCUT2D eigenvalue weighted by atomic mass is 9.87. The second-order valence-electron chi connectivity index (χ2n) is 6.54. The van der Waals surface area contributed by atoms with E-state index in [-0.39, 0.29) is 30.0 Å². The number of aliphatic hydroxyl groups excluding tert-OH is 1. The van der Waals surface area contributed by atoms with Crippen molar-refractivity contribution in [2.24, 2.45) is 0 Å². The van der Waals surface area contributed by atoms with E-state index >= 15 is 0 Å². The molecule has 0 aliphatic carbocycles. The molecule has 0 bridgehead atoms. The highest BCUT2D eigenvalue weighted by molar-refractivity contribution is 6.30. The fourth-order valence-electron chi connectivity index (χ4n) is 1.86. The lowest BCUT2D eigenvalue weighted by Crippen LogP contribution is -2.42. The van der Waals surface area contributed by atoms with Gasteiger partial charge in [-0.3, -0.25) is 4.79 Å². The zero-order valence-corrected chi connectivity index (χ0v) is 14.5. The first-order chi connectivity index (χ1) is 10.2. The van der Waals surface area contributed by atoms with Gasteiger partial charge in [0.2, 0.25) is 5.91 Å². The third-order valence-electron chi connectivity index (χ3n) is 3.18. The molecule has 0 aliphatic rings. The summed E-state index contributed by atoms with van der Waals surface area (Å²) < 4.78 is 5.62. The molecule has 0 aliphatic heterocycles. The molecule has 0 heterocycles. The Morgan fingerprint density at radius 2 is 1.95 bits per heavy atom. The monoisotopic (exact) mass is 325 g/mol. The number of hydrogen-bond donors (Lipinski definition) is 2. The molecule has 1 amide bonds. The van der Waals surface area contributed by atoms with Gasteiger partial charge in [0, 0.05) is 10.8 Å². The van der Waals surface area contributed by atoms with Gasteiger partial charge in [-0.25, -0.2) is 0 Å². The van der Waals surface area contributed by atoms with Crippen LogP contribution in [-0.2, 0) is 16.0 Å². The predicted octanol–water partition coefficient (Wildman–Crippen LogP) is 1.60. The van der Waals surface area contributed by atoms with Gasteiger partial charge in [-0.05, 0) is 44.9 Å². The molecule has 0 fully saturated rings. The Bertz CT molecular complexity index is 473. The maximum Gasteiger partial charge on any atom is 0.217 e. The van der Waals surface area contributed by atoms with Crippen LogP contribution in [0.1, 0.15) is 26.3 Å². The number of carbonyl (C=O) groups is 1. The average molecular weight is 326 g/mol. The van der Waals surface area contributed by atoms with Crippen molar-refractivity contribution in [3.63, 3.8) is 0 Å². The summed E-state index contributed by atoms with van der Waals surface area (Å²) in [5.41, 5.74) is 0.746. The minimum Gasteiger partial charge on any atom is -0.394 e.